The number of para-hydroxylation sites is 1. The summed E-state index contributed by atoms with van der Waals surface area (Å²) in [6.45, 7) is 0.404. The second kappa shape index (κ2) is 8.45. The third kappa shape index (κ3) is 3.99. The molecule has 0 fully saturated rings. The summed E-state index contributed by atoms with van der Waals surface area (Å²) in [6, 6.07) is 7.57. The lowest BCUT2D eigenvalue weighted by molar-refractivity contribution is -0.143. The number of amides is 1. The van der Waals surface area contributed by atoms with Crippen molar-refractivity contribution in [2.45, 2.75) is 6.18 Å². The Bertz CT molecular complexity index is 1460. The van der Waals surface area contributed by atoms with Gasteiger partial charge >= 0.3 is 6.18 Å². The first-order chi connectivity index (χ1) is 16.9. The zero-order chi connectivity index (χ0) is 24.6. The van der Waals surface area contributed by atoms with Gasteiger partial charge < -0.3 is 14.8 Å². The molecule has 4 heterocycles. The summed E-state index contributed by atoms with van der Waals surface area (Å²) < 4.78 is 53.8. The minimum absolute atomic E-state index is 0.00111. The van der Waals surface area contributed by atoms with Crippen LogP contribution in [0.3, 0.4) is 0 Å². The van der Waals surface area contributed by atoms with Gasteiger partial charge in [0.2, 0.25) is 0 Å². The van der Waals surface area contributed by atoms with E-state index < -0.39 is 23.3 Å². The number of aromatic nitrogens is 6. The Labute approximate surface area is 194 Å². The zero-order valence-corrected chi connectivity index (χ0v) is 17.5. The van der Waals surface area contributed by atoms with Crippen molar-refractivity contribution in [3.63, 3.8) is 0 Å². The first-order valence-electron chi connectivity index (χ1n) is 9.99. The number of anilines is 1. The quantitative estimate of drug-likeness (QED) is 0.470. The Morgan fingerprint density at radius 2 is 1.89 bits per heavy atom. The van der Waals surface area contributed by atoms with Gasteiger partial charge in [0.25, 0.3) is 5.91 Å². The predicted molar refractivity (Wildman–Crippen MR) is 111 cm³/mol. The van der Waals surface area contributed by atoms with E-state index >= 15 is 0 Å². The Morgan fingerprint density at radius 3 is 2.63 bits per heavy atom. The van der Waals surface area contributed by atoms with Gasteiger partial charge in [-0.15, -0.1) is 4.80 Å². The minimum Gasteiger partial charge on any atom is -0.486 e. The standard InChI is InChI=1S/C21H13F3N8O3/c22-21(23,24)18-14(11-29-31(18)15-2-1-3-16-17(15)35-7-6-34-16)20(33)30-13-8-12(9-25)19(26-10-13)32-27-4-5-28-32/h1-5,8,10-11H,6-7H2,(H,30,33). The molecule has 14 heteroatoms. The van der Waals surface area contributed by atoms with Gasteiger partial charge in [0.05, 0.1) is 36.0 Å². The van der Waals surface area contributed by atoms with Gasteiger partial charge in [-0.25, -0.2) is 9.67 Å². The van der Waals surface area contributed by atoms with Gasteiger partial charge in [-0.3, -0.25) is 4.79 Å². The van der Waals surface area contributed by atoms with Gasteiger partial charge in [0.15, 0.2) is 23.0 Å². The maximum absolute atomic E-state index is 14.1. The molecule has 35 heavy (non-hydrogen) atoms. The molecule has 176 valence electrons. The van der Waals surface area contributed by atoms with Gasteiger partial charge in [-0.05, 0) is 18.2 Å². The topological polar surface area (TPSA) is 133 Å². The van der Waals surface area contributed by atoms with E-state index in [0.29, 0.717) is 4.68 Å². The van der Waals surface area contributed by atoms with Crippen molar-refractivity contribution in [2.75, 3.05) is 18.5 Å². The lowest BCUT2D eigenvalue weighted by atomic mass is 10.2. The lowest BCUT2D eigenvalue weighted by Gasteiger charge is -2.22. The number of ether oxygens (including phenoxy) is 2. The molecule has 1 aliphatic heterocycles. The number of nitrogens with one attached hydrogen (secondary N) is 1. The van der Waals surface area contributed by atoms with Crippen LogP contribution in [0, 0.1) is 11.3 Å². The fourth-order valence-corrected chi connectivity index (χ4v) is 3.49. The predicted octanol–water partition coefficient (Wildman–Crippen LogP) is 2.76. The highest BCUT2D eigenvalue weighted by molar-refractivity contribution is 6.05. The Hall–Kier alpha value is -4.93. The van der Waals surface area contributed by atoms with Gasteiger partial charge in [-0.1, -0.05) is 6.07 Å². The Morgan fingerprint density at radius 1 is 1.11 bits per heavy atom. The van der Waals surface area contributed by atoms with Crippen LogP contribution < -0.4 is 14.8 Å². The summed E-state index contributed by atoms with van der Waals surface area (Å²) in [5.41, 5.74) is -2.07. The van der Waals surface area contributed by atoms with Crippen LogP contribution in [0.5, 0.6) is 11.5 Å². The molecule has 1 amide bonds. The van der Waals surface area contributed by atoms with Crippen molar-refractivity contribution >= 4 is 11.6 Å². The largest absolute Gasteiger partial charge is 0.486 e. The summed E-state index contributed by atoms with van der Waals surface area (Å²) in [6.07, 6.45) is -0.186. The molecule has 0 atom stereocenters. The van der Waals surface area contributed by atoms with Crippen LogP contribution in [0.1, 0.15) is 21.6 Å². The summed E-state index contributed by atoms with van der Waals surface area (Å²) in [4.78, 5) is 18.0. The third-order valence-electron chi connectivity index (χ3n) is 4.91. The number of nitrogens with zero attached hydrogens (tertiary/aromatic N) is 7. The van der Waals surface area contributed by atoms with E-state index in [2.05, 4.69) is 25.6 Å². The maximum atomic E-state index is 14.1. The monoisotopic (exact) mass is 482 g/mol. The van der Waals surface area contributed by atoms with Crippen molar-refractivity contribution in [1.29, 1.82) is 5.26 Å². The minimum atomic E-state index is -4.94. The van der Waals surface area contributed by atoms with Crippen LogP contribution in [-0.2, 0) is 6.18 Å². The molecule has 11 nitrogen and oxygen atoms in total. The summed E-state index contributed by atoms with van der Waals surface area (Å²) in [5, 5.41) is 23.3. The number of nitriles is 1. The first kappa shape index (κ1) is 21.9. The molecular formula is C21H13F3N8O3. The molecule has 0 saturated carbocycles. The second-order valence-electron chi connectivity index (χ2n) is 7.10. The number of hydrogen-bond acceptors (Lipinski definition) is 8. The number of carbonyl (C=O) groups excluding carboxylic acids is 1. The normalized spacial score (nSPS) is 12.7. The van der Waals surface area contributed by atoms with Gasteiger partial charge in [-0.2, -0.15) is 33.7 Å². The van der Waals surface area contributed by atoms with Crippen LogP contribution in [0.25, 0.3) is 11.5 Å². The summed E-state index contributed by atoms with van der Waals surface area (Å²) in [5.74, 6) is -0.646. The SMILES string of the molecule is N#Cc1cc(NC(=O)c2cnn(-c3cccc4c3OCCO4)c2C(F)(F)F)cnc1-n1nccn1. The van der Waals surface area contributed by atoms with Crippen molar-refractivity contribution in [3.8, 4) is 29.1 Å². The van der Waals surface area contributed by atoms with E-state index in [1.807, 2.05) is 6.07 Å². The van der Waals surface area contributed by atoms with Crippen LogP contribution in [0.15, 0.2) is 49.1 Å². The highest BCUT2D eigenvalue weighted by Gasteiger charge is 2.41. The van der Waals surface area contributed by atoms with Crippen molar-refractivity contribution in [2.24, 2.45) is 0 Å². The van der Waals surface area contributed by atoms with E-state index in [0.717, 1.165) is 11.0 Å². The summed E-state index contributed by atoms with van der Waals surface area (Å²) >= 11 is 0. The molecule has 0 aliphatic carbocycles. The summed E-state index contributed by atoms with van der Waals surface area (Å²) in [7, 11) is 0. The van der Waals surface area contributed by atoms with Crippen LogP contribution in [0.4, 0.5) is 18.9 Å². The van der Waals surface area contributed by atoms with Crippen molar-refractivity contribution in [1.82, 2.24) is 29.8 Å². The molecule has 0 bridgehead atoms. The van der Waals surface area contributed by atoms with E-state index in [4.69, 9.17) is 9.47 Å². The molecule has 4 aromatic rings. The Balaban J connectivity index is 1.51. The van der Waals surface area contributed by atoms with Crippen LogP contribution in [0.2, 0.25) is 0 Å². The molecular weight excluding hydrogens is 469 g/mol. The van der Waals surface area contributed by atoms with Crippen molar-refractivity contribution < 1.29 is 27.4 Å². The average Bonchev–Trinajstić information content (AvgIpc) is 3.54. The number of halogens is 3. The molecule has 0 radical (unpaired) electrons. The molecule has 0 spiro atoms. The van der Waals surface area contributed by atoms with E-state index in [1.165, 1.54) is 36.8 Å². The third-order valence-corrected chi connectivity index (χ3v) is 4.91. The fraction of sp³-hybridized carbons (Fsp3) is 0.143. The van der Waals surface area contributed by atoms with E-state index in [-0.39, 0.29) is 47.5 Å². The smallest absolute Gasteiger partial charge is 0.434 e. The molecule has 0 saturated heterocycles. The van der Waals surface area contributed by atoms with Crippen LogP contribution in [-0.4, -0.2) is 48.9 Å². The Kier molecular flexibility index (Phi) is 5.28. The number of benzene rings is 1. The number of carbonyl (C=O) groups is 1. The van der Waals surface area contributed by atoms with Gasteiger partial charge in [0, 0.05) is 0 Å². The second-order valence-corrected chi connectivity index (χ2v) is 7.10. The van der Waals surface area contributed by atoms with Crippen molar-refractivity contribution in [3.05, 3.63) is 65.9 Å². The van der Waals surface area contributed by atoms with Crippen LogP contribution >= 0.6 is 0 Å². The van der Waals surface area contributed by atoms with E-state index in [9.17, 15) is 23.2 Å². The molecule has 1 aliphatic rings. The first-order valence-corrected chi connectivity index (χ1v) is 9.99. The number of pyridine rings is 1. The van der Waals surface area contributed by atoms with Gasteiger partial charge in [0.1, 0.15) is 30.5 Å². The maximum Gasteiger partial charge on any atom is 0.434 e. The molecule has 1 N–H and O–H groups in total. The van der Waals surface area contributed by atoms with E-state index in [1.54, 1.807) is 6.07 Å². The highest BCUT2D eigenvalue weighted by atomic mass is 19.4. The molecule has 3 aromatic heterocycles. The highest BCUT2D eigenvalue weighted by Crippen LogP contribution is 2.40. The molecule has 5 rings (SSSR count). The number of alkyl halides is 3. The molecule has 0 unspecified atom stereocenters. The zero-order valence-electron chi connectivity index (χ0n) is 17.5. The number of rotatable bonds is 4. The molecule has 1 aromatic carbocycles. The fourth-order valence-electron chi connectivity index (χ4n) is 3.49. The average molecular weight is 482 g/mol. The number of fused-ring (bicyclic) bond motifs is 1. The lowest BCUT2D eigenvalue weighted by Crippen LogP contribution is -2.22. The number of hydrogen-bond donors (Lipinski definition) is 1.